The molecule has 0 saturated carbocycles. The number of aliphatic hydroxyl groups excluding tert-OH is 1. The fourth-order valence-electron chi connectivity index (χ4n) is 1.02. The van der Waals surface area contributed by atoms with E-state index in [0.717, 1.165) is 5.69 Å². The Hall–Kier alpha value is -1.13. The summed E-state index contributed by atoms with van der Waals surface area (Å²) >= 11 is 0. The average molecular weight is 182 g/mol. The molecular weight excluding hydrogens is 168 g/mol. The molecule has 0 radical (unpaired) electrons. The lowest BCUT2D eigenvalue weighted by atomic mass is 10.1. The van der Waals surface area contributed by atoms with Crippen LogP contribution in [0.15, 0.2) is 18.2 Å². The Balaban J connectivity index is 2.66. The van der Waals surface area contributed by atoms with Gasteiger partial charge in [-0.2, -0.15) is 0 Å². The average Bonchev–Trinajstić information content (AvgIpc) is 2.18. The SMILES string of the molecule is COc1cccc(CC(N)CO)n1. The number of nitrogens with zero attached hydrogens (tertiary/aromatic N) is 1. The lowest BCUT2D eigenvalue weighted by Crippen LogP contribution is -2.27. The first kappa shape index (κ1) is 9.95. The molecular formula is C9H14N2O2. The van der Waals surface area contributed by atoms with Crippen LogP contribution in [0.1, 0.15) is 5.69 Å². The maximum absolute atomic E-state index is 8.74. The number of hydrogen-bond acceptors (Lipinski definition) is 4. The molecule has 1 atom stereocenters. The van der Waals surface area contributed by atoms with Crippen LogP contribution in [0.2, 0.25) is 0 Å². The third kappa shape index (κ3) is 3.01. The quantitative estimate of drug-likeness (QED) is 0.685. The van der Waals surface area contributed by atoms with Crippen molar-refractivity contribution in [3.63, 3.8) is 0 Å². The van der Waals surface area contributed by atoms with Crippen molar-refractivity contribution in [3.05, 3.63) is 23.9 Å². The number of aromatic nitrogens is 1. The minimum absolute atomic E-state index is 0.0289. The van der Waals surface area contributed by atoms with Crippen LogP contribution in [0.5, 0.6) is 5.88 Å². The van der Waals surface area contributed by atoms with Crippen molar-refractivity contribution in [3.8, 4) is 5.88 Å². The van der Waals surface area contributed by atoms with Gasteiger partial charge in [-0.1, -0.05) is 6.07 Å². The van der Waals surface area contributed by atoms with Crippen molar-refractivity contribution in [2.45, 2.75) is 12.5 Å². The maximum Gasteiger partial charge on any atom is 0.213 e. The minimum Gasteiger partial charge on any atom is -0.481 e. The van der Waals surface area contributed by atoms with Gasteiger partial charge in [-0.05, 0) is 6.07 Å². The molecule has 0 bridgehead atoms. The molecule has 3 N–H and O–H groups in total. The summed E-state index contributed by atoms with van der Waals surface area (Å²) in [6.45, 7) is -0.0289. The maximum atomic E-state index is 8.74. The van der Waals surface area contributed by atoms with Gasteiger partial charge in [0.05, 0.1) is 13.7 Å². The summed E-state index contributed by atoms with van der Waals surface area (Å²) < 4.78 is 4.96. The van der Waals surface area contributed by atoms with Gasteiger partial charge in [0.2, 0.25) is 5.88 Å². The van der Waals surface area contributed by atoms with Gasteiger partial charge in [0.15, 0.2) is 0 Å². The molecule has 1 aromatic heterocycles. The summed E-state index contributed by atoms with van der Waals surface area (Å²) in [5.41, 5.74) is 6.40. The van der Waals surface area contributed by atoms with Gasteiger partial charge in [-0.25, -0.2) is 4.98 Å². The normalized spacial score (nSPS) is 12.5. The second-order valence-corrected chi connectivity index (χ2v) is 2.82. The Morgan fingerprint density at radius 2 is 2.38 bits per heavy atom. The zero-order chi connectivity index (χ0) is 9.68. The van der Waals surface area contributed by atoms with Gasteiger partial charge in [-0.15, -0.1) is 0 Å². The summed E-state index contributed by atoms with van der Waals surface area (Å²) in [7, 11) is 1.57. The summed E-state index contributed by atoms with van der Waals surface area (Å²) in [5.74, 6) is 0.572. The fraction of sp³-hybridized carbons (Fsp3) is 0.444. The second-order valence-electron chi connectivity index (χ2n) is 2.82. The molecule has 1 heterocycles. The summed E-state index contributed by atoms with van der Waals surface area (Å²) in [4.78, 5) is 4.17. The van der Waals surface area contributed by atoms with Gasteiger partial charge in [0, 0.05) is 24.2 Å². The van der Waals surface area contributed by atoms with E-state index < -0.39 is 0 Å². The van der Waals surface area contributed by atoms with Crippen LogP contribution in [0.3, 0.4) is 0 Å². The topological polar surface area (TPSA) is 68.4 Å². The number of rotatable bonds is 4. The first-order valence-corrected chi connectivity index (χ1v) is 4.12. The smallest absolute Gasteiger partial charge is 0.213 e. The van der Waals surface area contributed by atoms with Crippen molar-refractivity contribution in [1.29, 1.82) is 0 Å². The van der Waals surface area contributed by atoms with Crippen LogP contribution in [-0.2, 0) is 6.42 Å². The molecule has 0 saturated heterocycles. The highest BCUT2D eigenvalue weighted by atomic mass is 16.5. The first-order chi connectivity index (χ1) is 6.26. The van der Waals surface area contributed by atoms with E-state index in [1.54, 1.807) is 13.2 Å². The van der Waals surface area contributed by atoms with Crippen LogP contribution in [0, 0.1) is 0 Å². The number of pyridine rings is 1. The van der Waals surface area contributed by atoms with Gasteiger partial charge in [-0.3, -0.25) is 0 Å². The highest BCUT2D eigenvalue weighted by Crippen LogP contribution is 2.07. The molecule has 0 aliphatic carbocycles. The summed E-state index contributed by atoms with van der Waals surface area (Å²) in [6.07, 6.45) is 0.563. The summed E-state index contributed by atoms with van der Waals surface area (Å²) in [6, 6.07) is 5.23. The second kappa shape index (κ2) is 4.79. The highest BCUT2D eigenvalue weighted by Gasteiger charge is 2.03. The van der Waals surface area contributed by atoms with E-state index in [2.05, 4.69) is 4.98 Å². The Labute approximate surface area is 77.4 Å². The van der Waals surface area contributed by atoms with Crippen LogP contribution < -0.4 is 10.5 Å². The lowest BCUT2D eigenvalue weighted by molar-refractivity contribution is 0.264. The molecule has 1 aromatic rings. The van der Waals surface area contributed by atoms with Gasteiger partial charge in [0.1, 0.15) is 0 Å². The number of nitrogens with two attached hydrogens (primary N) is 1. The molecule has 0 aliphatic heterocycles. The van der Waals surface area contributed by atoms with Gasteiger partial charge in [0.25, 0.3) is 0 Å². The number of methoxy groups -OCH3 is 1. The standard InChI is InChI=1S/C9H14N2O2/c1-13-9-4-2-3-8(11-9)5-7(10)6-12/h2-4,7,12H,5-6,10H2,1H3. The van der Waals surface area contributed by atoms with E-state index in [4.69, 9.17) is 15.6 Å². The Kier molecular flexibility index (Phi) is 3.67. The molecule has 4 nitrogen and oxygen atoms in total. The zero-order valence-corrected chi connectivity index (χ0v) is 7.60. The predicted molar refractivity (Wildman–Crippen MR) is 49.6 cm³/mol. The zero-order valence-electron chi connectivity index (χ0n) is 7.60. The molecule has 4 heteroatoms. The molecule has 13 heavy (non-hydrogen) atoms. The van der Waals surface area contributed by atoms with Crippen molar-refractivity contribution in [1.82, 2.24) is 4.98 Å². The molecule has 0 aromatic carbocycles. The number of aliphatic hydroxyl groups is 1. The molecule has 1 unspecified atom stereocenters. The van der Waals surface area contributed by atoms with Crippen molar-refractivity contribution < 1.29 is 9.84 Å². The molecule has 0 fully saturated rings. The third-order valence-electron chi connectivity index (χ3n) is 1.70. The van der Waals surface area contributed by atoms with E-state index >= 15 is 0 Å². The fourth-order valence-corrected chi connectivity index (χ4v) is 1.02. The third-order valence-corrected chi connectivity index (χ3v) is 1.70. The monoisotopic (exact) mass is 182 g/mol. The molecule has 1 rings (SSSR count). The molecule has 0 aliphatic rings. The molecule has 0 spiro atoms. The molecule has 72 valence electrons. The van der Waals surface area contributed by atoms with Crippen molar-refractivity contribution in [2.75, 3.05) is 13.7 Å². The number of hydrogen-bond donors (Lipinski definition) is 2. The molecule has 0 amide bonds. The van der Waals surface area contributed by atoms with E-state index in [9.17, 15) is 0 Å². The Bertz CT molecular complexity index is 266. The Morgan fingerprint density at radius 1 is 1.62 bits per heavy atom. The van der Waals surface area contributed by atoms with Crippen molar-refractivity contribution >= 4 is 0 Å². The van der Waals surface area contributed by atoms with E-state index in [1.807, 2.05) is 12.1 Å². The van der Waals surface area contributed by atoms with Crippen LogP contribution >= 0.6 is 0 Å². The first-order valence-electron chi connectivity index (χ1n) is 4.12. The van der Waals surface area contributed by atoms with E-state index in [1.165, 1.54) is 0 Å². The lowest BCUT2D eigenvalue weighted by Gasteiger charge is -2.07. The van der Waals surface area contributed by atoms with E-state index in [0.29, 0.717) is 12.3 Å². The predicted octanol–water partition coefficient (Wildman–Crippen LogP) is -0.0477. The van der Waals surface area contributed by atoms with Crippen LogP contribution in [0.4, 0.5) is 0 Å². The largest absolute Gasteiger partial charge is 0.481 e. The van der Waals surface area contributed by atoms with Crippen LogP contribution in [-0.4, -0.2) is 29.8 Å². The van der Waals surface area contributed by atoms with Crippen molar-refractivity contribution in [2.24, 2.45) is 5.73 Å². The van der Waals surface area contributed by atoms with E-state index in [-0.39, 0.29) is 12.6 Å². The Morgan fingerprint density at radius 3 is 3.00 bits per heavy atom. The van der Waals surface area contributed by atoms with Gasteiger partial charge < -0.3 is 15.6 Å². The van der Waals surface area contributed by atoms with Gasteiger partial charge >= 0.3 is 0 Å². The summed E-state index contributed by atoms with van der Waals surface area (Å²) in [5, 5.41) is 8.74. The highest BCUT2D eigenvalue weighted by molar-refractivity contribution is 5.16. The number of ether oxygens (including phenoxy) is 1. The van der Waals surface area contributed by atoms with Crippen LogP contribution in [0.25, 0.3) is 0 Å². The minimum atomic E-state index is -0.250.